The zero-order chi connectivity index (χ0) is 24.4. The molecular weight excluding hydrogens is 433 g/mol. The summed E-state index contributed by atoms with van der Waals surface area (Å²) in [6.07, 6.45) is 0. The molecule has 0 aliphatic carbocycles. The minimum atomic E-state index is -1.12. The number of para-hydroxylation sites is 2. The van der Waals surface area contributed by atoms with E-state index >= 15 is 0 Å². The van der Waals surface area contributed by atoms with Crippen LogP contribution in [0.2, 0.25) is 0 Å². The largest absolute Gasteiger partial charge is 0.332 e. The molecule has 1 heterocycles. The Morgan fingerprint density at radius 3 is 2.18 bits per heavy atom. The maximum Gasteiger partial charge on any atom is 0.247 e. The molecule has 1 aliphatic rings. The predicted octanol–water partition coefficient (Wildman–Crippen LogP) is 4.26. The summed E-state index contributed by atoms with van der Waals surface area (Å²) >= 11 is 0. The Bertz CT molecular complexity index is 1260. The quantitative estimate of drug-likeness (QED) is 0.560. The number of nitrogens with zero attached hydrogens (tertiary/aromatic N) is 1. The van der Waals surface area contributed by atoms with Crippen LogP contribution in [0, 0.1) is 25.6 Å². The lowest BCUT2D eigenvalue weighted by Crippen LogP contribution is -2.41. The zero-order valence-electron chi connectivity index (χ0n) is 19.2. The van der Waals surface area contributed by atoms with Gasteiger partial charge in [-0.3, -0.25) is 14.4 Å². The Morgan fingerprint density at radius 2 is 1.50 bits per heavy atom. The molecule has 1 saturated heterocycles. The monoisotopic (exact) mass is 459 g/mol. The number of anilines is 2. The third-order valence-electron chi connectivity index (χ3n) is 6.24. The summed E-state index contributed by atoms with van der Waals surface area (Å²) < 4.78 is 14.2. The van der Waals surface area contributed by atoms with Gasteiger partial charge in [-0.25, -0.2) is 4.39 Å². The first-order valence-electron chi connectivity index (χ1n) is 11.0. The van der Waals surface area contributed by atoms with Crippen LogP contribution in [0.5, 0.6) is 0 Å². The van der Waals surface area contributed by atoms with Crippen molar-refractivity contribution in [3.63, 3.8) is 0 Å². The summed E-state index contributed by atoms with van der Waals surface area (Å²) in [4.78, 5) is 41.4. The maximum absolute atomic E-state index is 14.2. The molecule has 3 aromatic rings. The van der Waals surface area contributed by atoms with E-state index in [9.17, 15) is 18.8 Å². The topological polar surface area (TPSA) is 78.5 Å². The van der Waals surface area contributed by atoms with Gasteiger partial charge >= 0.3 is 0 Å². The van der Waals surface area contributed by atoms with Gasteiger partial charge in [-0.1, -0.05) is 60.2 Å². The predicted molar refractivity (Wildman–Crippen MR) is 129 cm³/mol. The van der Waals surface area contributed by atoms with Gasteiger partial charge in [0.05, 0.1) is 5.69 Å². The molecule has 0 aromatic heterocycles. The number of likely N-dealkylation sites (tertiary alicyclic amines) is 1. The fourth-order valence-electron chi connectivity index (χ4n) is 4.49. The van der Waals surface area contributed by atoms with E-state index in [2.05, 4.69) is 10.6 Å². The second-order valence-corrected chi connectivity index (χ2v) is 8.58. The van der Waals surface area contributed by atoms with Gasteiger partial charge in [0.2, 0.25) is 17.7 Å². The molecule has 3 unspecified atom stereocenters. The number of halogens is 1. The standard InChI is InChI=1S/C27H26FN3O3/c1-16-9-8-11-18(15-16)22-23(25(32)29-20-13-6-4-10-17(20)2)27(34)31(3)24(22)26(33)30-21-14-7-5-12-19(21)28/h4-15,22-24H,1-3H3,(H,29,32)(H,30,33). The van der Waals surface area contributed by atoms with E-state index < -0.39 is 41.4 Å². The lowest BCUT2D eigenvalue weighted by atomic mass is 9.82. The number of nitrogens with one attached hydrogen (secondary N) is 2. The van der Waals surface area contributed by atoms with Crippen LogP contribution in [0.4, 0.5) is 15.8 Å². The van der Waals surface area contributed by atoms with Crippen molar-refractivity contribution in [2.45, 2.75) is 25.8 Å². The minimum absolute atomic E-state index is 0.0177. The number of carbonyl (C=O) groups is 3. The van der Waals surface area contributed by atoms with Crippen molar-refractivity contribution in [2.75, 3.05) is 17.7 Å². The third kappa shape index (κ3) is 4.41. The van der Waals surface area contributed by atoms with E-state index in [0.717, 1.165) is 11.1 Å². The average Bonchev–Trinajstić information content (AvgIpc) is 3.07. The summed E-state index contributed by atoms with van der Waals surface area (Å²) in [6, 6.07) is 19.5. The molecule has 6 nitrogen and oxygen atoms in total. The molecule has 3 aromatic carbocycles. The average molecular weight is 460 g/mol. The van der Waals surface area contributed by atoms with Gasteiger partial charge in [0.25, 0.3) is 0 Å². The van der Waals surface area contributed by atoms with Crippen LogP contribution in [-0.2, 0) is 14.4 Å². The van der Waals surface area contributed by atoms with Crippen molar-refractivity contribution < 1.29 is 18.8 Å². The molecule has 2 N–H and O–H groups in total. The molecule has 3 atom stereocenters. The SMILES string of the molecule is Cc1cccc(C2C(C(=O)Nc3ccccc3C)C(=O)N(C)C2C(=O)Nc2ccccc2F)c1. The molecule has 0 saturated carbocycles. The number of hydrogen-bond donors (Lipinski definition) is 2. The van der Waals surface area contributed by atoms with Crippen molar-refractivity contribution in [2.24, 2.45) is 5.92 Å². The van der Waals surface area contributed by atoms with Gasteiger partial charge in [0.1, 0.15) is 17.8 Å². The molecule has 0 bridgehead atoms. The number of hydrogen-bond acceptors (Lipinski definition) is 3. The first-order chi connectivity index (χ1) is 16.3. The Balaban J connectivity index is 1.72. The van der Waals surface area contributed by atoms with Gasteiger partial charge in [0.15, 0.2) is 0 Å². The van der Waals surface area contributed by atoms with Crippen molar-refractivity contribution in [1.82, 2.24) is 4.90 Å². The summed E-state index contributed by atoms with van der Waals surface area (Å²) in [6.45, 7) is 3.77. The molecule has 7 heteroatoms. The van der Waals surface area contributed by atoms with Crippen LogP contribution in [0.25, 0.3) is 0 Å². The molecule has 4 rings (SSSR count). The van der Waals surface area contributed by atoms with Gasteiger partial charge in [-0.2, -0.15) is 0 Å². The highest BCUT2D eigenvalue weighted by atomic mass is 19.1. The molecule has 34 heavy (non-hydrogen) atoms. The lowest BCUT2D eigenvalue weighted by molar-refractivity contribution is -0.137. The zero-order valence-corrected chi connectivity index (χ0v) is 19.2. The number of carbonyl (C=O) groups excluding carboxylic acids is 3. The second-order valence-electron chi connectivity index (χ2n) is 8.58. The van der Waals surface area contributed by atoms with Crippen LogP contribution >= 0.6 is 0 Å². The number of likely N-dealkylation sites (N-methyl/N-ethyl adjacent to an activating group) is 1. The first-order valence-corrected chi connectivity index (χ1v) is 11.0. The van der Waals surface area contributed by atoms with E-state index in [1.807, 2.05) is 50.2 Å². The van der Waals surface area contributed by atoms with E-state index in [-0.39, 0.29) is 5.69 Å². The highest BCUT2D eigenvalue weighted by Crippen LogP contribution is 2.40. The van der Waals surface area contributed by atoms with E-state index in [0.29, 0.717) is 11.3 Å². The number of rotatable bonds is 5. The van der Waals surface area contributed by atoms with Crippen molar-refractivity contribution in [3.8, 4) is 0 Å². The molecular formula is C27H26FN3O3. The Morgan fingerprint density at radius 1 is 0.853 bits per heavy atom. The summed E-state index contributed by atoms with van der Waals surface area (Å²) in [5.74, 6) is -3.97. The third-order valence-corrected chi connectivity index (χ3v) is 6.24. The molecule has 0 spiro atoms. The molecule has 3 amide bonds. The molecule has 1 fully saturated rings. The Labute approximate surface area is 197 Å². The first kappa shape index (κ1) is 23.2. The summed E-state index contributed by atoms with van der Waals surface area (Å²) in [7, 11) is 1.50. The summed E-state index contributed by atoms with van der Waals surface area (Å²) in [5.41, 5.74) is 3.10. The molecule has 0 radical (unpaired) electrons. The van der Waals surface area contributed by atoms with Crippen LogP contribution in [0.3, 0.4) is 0 Å². The molecule has 1 aliphatic heterocycles. The summed E-state index contributed by atoms with van der Waals surface area (Å²) in [5, 5.41) is 5.45. The molecule has 174 valence electrons. The number of aryl methyl sites for hydroxylation is 2. The fraction of sp³-hybridized carbons (Fsp3) is 0.222. The van der Waals surface area contributed by atoms with E-state index in [4.69, 9.17) is 0 Å². The van der Waals surface area contributed by atoms with Gasteiger partial charge in [-0.15, -0.1) is 0 Å². The fourth-order valence-corrected chi connectivity index (χ4v) is 4.49. The lowest BCUT2D eigenvalue weighted by Gasteiger charge is -2.25. The maximum atomic E-state index is 14.2. The minimum Gasteiger partial charge on any atom is -0.332 e. The smallest absolute Gasteiger partial charge is 0.247 e. The second kappa shape index (κ2) is 9.47. The highest BCUT2D eigenvalue weighted by molar-refractivity contribution is 6.12. The number of amides is 3. The van der Waals surface area contributed by atoms with Crippen LogP contribution in [0.1, 0.15) is 22.6 Å². The number of benzene rings is 3. The van der Waals surface area contributed by atoms with Gasteiger partial charge < -0.3 is 15.5 Å². The van der Waals surface area contributed by atoms with Crippen molar-refractivity contribution in [1.29, 1.82) is 0 Å². The van der Waals surface area contributed by atoms with E-state index in [1.165, 1.54) is 30.1 Å². The van der Waals surface area contributed by atoms with E-state index in [1.54, 1.807) is 18.2 Å². The van der Waals surface area contributed by atoms with Crippen LogP contribution in [0.15, 0.2) is 72.8 Å². The van der Waals surface area contributed by atoms with Crippen molar-refractivity contribution >= 4 is 29.1 Å². The van der Waals surface area contributed by atoms with Crippen LogP contribution < -0.4 is 10.6 Å². The normalized spacial score (nSPS) is 19.7. The van der Waals surface area contributed by atoms with Crippen molar-refractivity contribution in [3.05, 3.63) is 95.3 Å². The Kier molecular flexibility index (Phi) is 6.45. The Hall–Kier alpha value is -4.00. The van der Waals surface area contributed by atoms with Gasteiger partial charge in [0, 0.05) is 18.7 Å². The highest BCUT2D eigenvalue weighted by Gasteiger charge is 2.53. The van der Waals surface area contributed by atoms with Crippen LogP contribution in [-0.4, -0.2) is 35.7 Å². The van der Waals surface area contributed by atoms with Gasteiger partial charge in [-0.05, 0) is 43.2 Å².